The molecule has 0 saturated carbocycles. The number of nitrogens with one attached hydrogen (secondary N) is 1. The number of nitro groups is 1. The smallest absolute Gasteiger partial charge is 0.304 e. The van der Waals surface area contributed by atoms with Crippen molar-refractivity contribution in [3.63, 3.8) is 0 Å². The first-order valence-electron chi connectivity index (χ1n) is 8.18. The van der Waals surface area contributed by atoms with Crippen LogP contribution < -0.4 is 19.3 Å². The Morgan fingerprint density at radius 1 is 1.07 bits per heavy atom. The highest BCUT2D eigenvalue weighted by atomic mass is 32.2. The highest BCUT2D eigenvalue weighted by Crippen LogP contribution is 2.28. The molecule has 3 rings (SSSR count). The van der Waals surface area contributed by atoms with Crippen molar-refractivity contribution in [1.82, 2.24) is 0 Å². The standard InChI is InChI=1S/C16H19N5O5S/c1-27(25,26)17-13-2-4-14(5-3-13)18-8-10-19(11-9-18)16-12-20(22)7-6-15(16)21(23)24/h2-7,12,17H,8-11H2,1H3. The van der Waals surface area contributed by atoms with Crippen LogP contribution in [-0.4, -0.2) is 45.8 Å². The van der Waals surface area contributed by atoms with Crippen LogP contribution >= 0.6 is 0 Å². The van der Waals surface area contributed by atoms with Crippen LogP contribution in [0.5, 0.6) is 0 Å². The molecule has 0 aliphatic carbocycles. The average molecular weight is 393 g/mol. The minimum Gasteiger partial charge on any atom is -0.619 e. The molecule has 0 atom stereocenters. The summed E-state index contributed by atoms with van der Waals surface area (Å²) in [6, 6.07) is 8.22. The van der Waals surface area contributed by atoms with Crippen LogP contribution in [0.3, 0.4) is 0 Å². The van der Waals surface area contributed by atoms with E-state index in [1.54, 1.807) is 12.1 Å². The fourth-order valence-corrected chi connectivity index (χ4v) is 3.58. The monoisotopic (exact) mass is 393 g/mol. The molecular weight excluding hydrogens is 374 g/mol. The molecule has 0 amide bonds. The molecule has 0 spiro atoms. The number of anilines is 3. The van der Waals surface area contributed by atoms with Crippen molar-refractivity contribution < 1.29 is 18.1 Å². The van der Waals surface area contributed by atoms with Gasteiger partial charge in [0.05, 0.1) is 17.2 Å². The van der Waals surface area contributed by atoms with E-state index in [0.717, 1.165) is 18.1 Å². The molecule has 1 aliphatic heterocycles. The van der Waals surface area contributed by atoms with Gasteiger partial charge in [-0.3, -0.25) is 14.8 Å². The summed E-state index contributed by atoms with van der Waals surface area (Å²) in [5, 5.41) is 22.7. The van der Waals surface area contributed by atoms with E-state index in [0.29, 0.717) is 42.3 Å². The summed E-state index contributed by atoms with van der Waals surface area (Å²) in [6.07, 6.45) is 3.43. The van der Waals surface area contributed by atoms with Gasteiger partial charge in [0, 0.05) is 37.6 Å². The molecule has 1 aliphatic rings. The number of benzene rings is 1. The van der Waals surface area contributed by atoms with Gasteiger partial charge in [0.2, 0.25) is 16.2 Å². The second-order valence-corrected chi connectivity index (χ2v) is 7.98. The van der Waals surface area contributed by atoms with Gasteiger partial charge in [-0.1, -0.05) is 0 Å². The van der Waals surface area contributed by atoms with E-state index in [1.807, 2.05) is 17.0 Å². The van der Waals surface area contributed by atoms with E-state index in [4.69, 9.17) is 0 Å². The molecule has 1 aromatic heterocycles. The average Bonchev–Trinajstić information content (AvgIpc) is 2.61. The fourth-order valence-electron chi connectivity index (χ4n) is 3.02. The summed E-state index contributed by atoms with van der Waals surface area (Å²) >= 11 is 0. The number of nitrogens with zero attached hydrogens (tertiary/aromatic N) is 4. The van der Waals surface area contributed by atoms with Crippen LogP contribution in [-0.2, 0) is 10.0 Å². The first kappa shape index (κ1) is 18.7. The van der Waals surface area contributed by atoms with Crippen LogP contribution in [0.4, 0.5) is 22.7 Å². The van der Waals surface area contributed by atoms with Crippen molar-refractivity contribution in [2.24, 2.45) is 0 Å². The Bertz CT molecular complexity index is 940. The highest BCUT2D eigenvalue weighted by Gasteiger charge is 2.26. The number of pyridine rings is 1. The summed E-state index contributed by atoms with van der Waals surface area (Å²) in [5.74, 6) is 0. The van der Waals surface area contributed by atoms with Gasteiger partial charge in [0.1, 0.15) is 0 Å². The zero-order valence-electron chi connectivity index (χ0n) is 14.6. The molecule has 1 fully saturated rings. The number of rotatable bonds is 5. The molecule has 11 heteroatoms. The molecule has 0 unspecified atom stereocenters. The molecule has 10 nitrogen and oxygen atoms in total. The van der Waals surface area contributed by atoms with Gasteiger partial charge in [-0.15, -0.1) is 0 Å². The lowest BCUT2D eigenvalue weighted by Crippen LogP contribution is -2.47. The Balaban J connectivity index is 1.69. The molecule has 1 N–H and O–H groups in total. The maximum Gasteiger partial charge on any atom is 0.304 e. The van der Waals surface area contributed by atoms with E-state index >= 15 is 0 Å². The molecule has 2 heterocycles. The van der Waals surface area contributed by atoms with Gasteiger partial charge in [-0.05, 0) is 24.3 Å². The van der Waals surface area contributed by atoms with Gasteiger partial charge in [0.25, 0.3) is 0 Å². The second-order valence-electron chi connectivity index (χ2n) is 6.23. The SMILES string of the molecule is CS(=O)(=O)Nc1ccc(N2CCN(c3c[n+]([O-])ccc3[N+](=O)[O-])CC2)cc1. The Kier molecular flexibility index (Phi) is 5.04. The van der Waals surface area contributed by atoms with Crippen molar-refractivity contribution in [2.45, 2.75) is 0 Å². The van der Waals surface area contributed by atoms with E-state index in [9.17, 15) is 23.7 Å². The van der Waals surface area contributed by atoms with E-state index in [2.05, 4.69) is 9.62 Å². The van der Waals surface area contributed by atoms with Crippen molar-refractivity contribution in [2.75, 3.05) is 47.0 Å². The van der Waals surface area contributed by atoms with Crippen LogP contribution in [0, 0.1) is 15.3 Å². The summed E-state index contributed by atoms with van der Waals surface area (Å²) < 4.78 is 25.5. The fraction of sp³-hybridized carbons (Fsp3) is 0.312. The van der Waals surface area contributed by atoms with Gasteiger partial charge >= 0.3 is 5.69 Å². The van der Waals surface area contributed by atoms with E-state index in [-0.39, 0.29) is 5.69 Å². The van der Waals surface area contributed by atoms with Crippen LogP contribution in [0.2, 0.25) is 0 Å². The topological polar surface area (TPSA) is 123 Å². The molecule has 0 bridgehead atoms. The first-order chi connectivity index (χ1) is 12.7. The lowest BCUT2D eigenvalue weighted by molar-refractivity contribution is -0.605. The van der Waals surface area contributed by atoms with Crippen LogP contribution in [0.1, 0.15) is 0 Å². The maximum absolute atomic E-state index is 11.5. The minimum atomic E-state index is -3.32. The third kappa shape index (κ3) is 4.56. The lowest BCUT2D eigenvalue weighted by Gasteiger charge is -2.36. The zero-order chi connectivity index (χ0) is 19.6. The summed E-state index contributed by atoms with van der Waals surface area (Å²) in [6.45, 7) is 2.27. The number of hydrogen-bond donors (Lipinski definition) is 1. The summed E-state index contributed by atoms with van der Waals surface area (Å²) in [4.78, 5) is 14.6. The van der Waals surface area contributed by atoms with Gasteiger partial charge in [-0.2, -0.15) is 4.73 Å². The predicted molar refractivity (Wildman–Crippen MR) is 101 cm³/mol. The Labute approximate surface area is 156 Å². The van der Waals surface area contributed by atoms with Gasteiger partial charge < -0.3 is 15.0 Å². The highest BCUT2D eigenvalue weighted by molar-refractivity contribution is 7.92. The molecular formula is C16H19N5O5S. The summed E-state index contributed by atoms with van der Waals surface area (Å²) in [5.41, 5.74) is 1.63. The largest absolute Gasteiger partial charge is 0.619 e. The van der Waals surface area contributed by atoms with E-state index in [1.165, 1.54) is 12.3 Å². The zero-order valence-corrected chi connectivity index (χ0v) is 15.4. The van der Waals surface area contributed by atoms with Crippen molar-refractivity contribution in [3.8, 4) is 0 Å². The van der Waals surface area contributed by atoms with Gasteiger partial charge in [0.15, 0.2) is 11.9 Å². The van der Waals surface area contributed by atoms with Crippen molar-refractivity contribution in [3.05, 3.63) is 58.0 Å². The Morgan fingerprint density at radius 2 is 1.67 bits per heavy atom. The molecule has 1 aromatic carbocycles. The molecule has 2 aromatic rings. The minimum absolute atomic E-state index is 0.0910. The van der Waals surface area contributed by atoms with Crippen LogP contribution in [0.25, 0.3) is 0 Å². The molecule has 144 valence electrons. The third-order valence-electron chi connectivity index (χ3n) is 4.24. The summed E-state index contributed by atoms with van der Waals surface area (Å²) in [7, 11) is -3.32. The number of sulfonamides is 1. The number of piperazine rings is 1. The normalized spacial score (nSPS) is 14.9. The van der Waals surface area contributed by atoms with E-state index < -0.39 is 14.9 Å². The lowest BCUT2D eigenvalue weighted by atomic mass is 10.2. The Hall–Kier alpha value is -3.08. The van der Waals surface area contributed by atoms with Crippen molar-refractivity contribution >= 4 is 32.8 Å². The number of hydrogen-bond acceptors (Lipinski definition) is 7. The quantitative estimate of drug-likeness (QED) is 0.347. The molecule has 0 radical (unpaired) electrons. The van der Waals surface area contributed by atoms with Crippen molar-refractivity contribution in [1.29, 1.82) is 0 Å². The molecule has 27 heavy (non-hydrogen) atoms. The van der Waals surface area contributed by atoms with Crippen LogP contribution in [0.15, 0.2) is 42.7 Å². The molecule has 1 saturated heterocycles. The third-order valence-corrected chi connectivity index (χ3v) is 4.85. The second kappa shape index (κ2) is 7.27. The maximum atomic E-state index is 11.5. The van der Waals surface area contributed by atoms with Gasteiger partial charge in [-0.25, -0.2) is 8.42 Å². The first-order valence-corrected chi connectivity index (χ1v) is 10.1. The predicted octanol–water partition coefficient (Wildman–Crippen LogP) is 0.926. The Morgan fingerprint density at radius 3 is 2.22 bits per heavy atom. The number of aromatic nitrogens is 1.